The number of rotatable bonds is 22. The molecule has 0 radical (unpaired) electrons. The van der Waals surface area contributed by atoms with Gasteiger partial charge in [0, 0.05) is 0 Å². The smallest absolute Gasteiger partial charge is 0.756 e. The van der Waals surface area contributed by atoms with Crippen LogP contribution >= 0.6 is 7.82 Å². The van der Waals surface area contributed by atoms with Gasteiger partial charge in [-0.05, 0) is 12.8 Å². The number of phosphoric acid groups is 1. The minimum absolute atomic E-state index is 0. The van der Waals surface area contributed by atoms with Crippen LogP contribution in [0.2, 0.25) is 0 Å². The first kappa shape index (κ1) is 31.9. The third kappa shape index (κ3) is 25.8. The van der Waals surface area contributed by atoms with E-state index in [1.165, 1.54) is 77.0 Å². The van der Waals surface area contributed by atoms with Gasteiger partial charge in [-0.3, -0.25) is 4.57 Å². The Morgan fingerprint density at radius 1 is 0.536 bits per heavy atom. The van der Waals surface area contributed by atoms with Crippen LogP contribution in [0.1, 0.15) is 129 Å². The Morgan fingerprint density at radius 3 is 1.07 bits per heavy atom. The van der Waals surface area contributed by atoms with Gasteiger partial charge in [0.1, 0.15) is 0 Å². The van der Waals surface area contributed by atoms with Crippen molar-refractivity contribution in [2.45, 2.75) is 129 Å². The molecular formula is C22H46KO4P. The molecule has 4 nitrogen and oxygen atoms in total. The topological polar surface area (TPSA) is 58.6 Å². The number of phosphoric ester groups is 1. The van der Waals surface area contributed by atoms with Gasteiger partial charge in [-0.25, -0.2) is 0 Å². The predicted octanol–water partition coefficient (Wildman–Crippen LogP) is 4.55. The molecule has 0 bridgehead atoms. The summed E-state index contributed by atoms with van der Waals surface area (Å²) in [6.45, 7) is 4.98. The van der Waals surface area contributed by atoms with Crippen LogP contribution < -0.4 is 56.3 Å². The van der Waals surface area contributed by atoms with E-state index in [4.69, 9.17) is 9.05 Å². The van der Waals surface area contributed by atoms with Crippen molar-refractivity contribution in [1.82, 2.24) is 0 Å². The fourth-order valence-electron chi connectivity index (χ4n) is 3.22. The van der Waals surface area contributed by atoms with E-state index in [0.717, 1.165) is 38.5 Å². The summed E-state index contributed by atoms with van der Waals surface area (Å²) in [4.78, 5) is 11.7. The fourth-order valence-corrected chi connectivity index (χ4v) is 4.00. The summed E-state index contributed by atoms with van der Waals surface area (Å²) in [6.07, 6.45) is 21.6. The number of hydrogen-bond donors (Lipinski definition) is 0. The van der Waals surface area contributed by atoms with E-state index in [9.17, 15) is 9.46 Å². The molecule has 0 fully saturated rings. The van der Waals surface area contributed by atoms with Crippen LogP contribution in [-0.4, -0.2) is 13.2 Å². The first-order valence-corrected chi connectivity index (χ1v) is 13.2. The van der Waals surface area contributed by atoms with Crippen molar-refractivity contribution in [2.24, 2.45) is 0 Å². The van der Waals surface area contributed by atoms with Crippen LogP contribution in [0.15, 0.2) is 0 Å². The van der Waals surface area contributed by atoms with Crippen LogP contribution in [0.4, 0.5) is 0 Å². The molecule has 0 atom stereocenters. The largest absolute Gasteiger partial charge is 1.00 e. The summed E-state index contributed by atoms with van der Waals surface area (Å²) < 4.78 is 21.6. The second kappa shape index (κ2) is 25.0. The maximum absolute atomic E-state index is 11.7. The molecule has 6 heteroatoms. The second-order valence-corrected chi connectivity index (χ2v) is 9.18. The van der Waals surface area contributed by atoms with Gasteiger partial charge < -0.3 is 13.9 Å². The van der Waals surface area contributed by atoms with Crippen molar-refractivity contribution < 1.29 is 69.9 Å². The predicted molar refractivity (Wildman–Crippen MR) is 114 cm³/mol. The Hall–Kier alpha value is 1.75. The molecular weight excluding hydrogens is 398 g/mol. The zero-order valence-electron chi connectivity index (χ0n) is 19.2. The molecule has 0 aromatic rings. The van der Waals surface area contributed by atoms with Crippen LogP contribution in [0.25, 0.3) is 0 Å². The van der Waals surface area contributed by atoms with E-state index in [0.29, 0.717) is 0 Å². The molecule has 0 unspecified atom stereocenters. The molecule has 0 aromatic carbocycles. The monoisotopic (exact) mass is 444 g/mol. The molecule has 0 spiro atoms. The van der Waals surface area contributed by atoms with Gasteiger partial charge >= 0.3 is 51.4 Å². The summed E-state index contributed by atoms with van der Waals surface area (Å²) in [6, 6.07) is 0. The number of unbranched alkanes of at least 4 members (excludes halogenated alkanes) is 16. The second-order valence-electron chi connectivity index (χ2n) is 7.77. The SMILES string of the molecule is CCCCCCCCCCCOP(=O)([O-])OCCCCCCCCCCC.[K+]. The molecule has 0 aliphatic heterocycles. The normalized spacial score (nSPS) is 11.5. The fraction of sp³-hybridized carbons (Fsp3) is 1.00. The van der Waals surface area contributed by atoms with E-state index in [-0.39, 0.29) is 64.6 Å². The molecule has 0 amide bonds. The Morgan fingerprint density at radius 2 is 0.786 bits per heavy atom. The Balaban J connectivity index is 0. The summed E-state index contributed by atoms with van der Waals surface area (Å²) in [5.74, 6) is 0. The van der Waals surface area contributed by atoms with Gasteiger partial charge in [-0.15, -0.1) is 0 Å². The minimum Gasteiger partial charge on any atom is -0.756 e. The third-order valence-electron chi connectivity index (χ3n) is 4.99. The van der Waals surface area contributed by atoms with Crippen LogP contribution in [0, 0.1) is 0 Å². The zero-order valence-corrected chi connectivity index (χ0v) is 23.2. The molecule has 0 N–H and O–H groups in total. The van der Waals surface area contributed by atoms with Crippen molar-refractivity contribution in [3.63, 3.8) is 0 Å². The maximum Gasteiger partial charge on any atom is 1.00 e. The minimum atomic E-state index is -4.09. The summed E-state index contributed by atoms with van der Waals surface area (Å²) >= 11 is 0. The van der Waals surface area contributed by atoms with Gasteiger partial charge in [0.15, 0.2) is 0 Å². The van der Waals surface area contributed by atoms with E-state index in [1.54, 1.807) is 0 Å². The van der Waals surface area contributed by atoms with Gasteiger partial charge in [0.2, 0.25) is 0 Å². The molecule has 0 aromatic heterocycles. The van der Waals surface area contributed by atoms with E-state index in [1.807, 2.05) is 0 Å². The van der Waals surface area contributed by atoms with Crippen molar-refractivity contribution in [3.8, 4) is 0 Å². The van der Waals surface area contributed by atoms with Gasteiger partial charge in [-0.2, -0.15) is 0 Å². The Bertz CT molecular complexity index is 314. The molecule has 0 aliphatic rings. The maximum atomic E-state index is 11.7. The van der Waals surface area contributed by atoms with Crippen molar-refractivity contribution in [2.75, 3.05) is 13.2 Å². The first-order valence-electron chi connectivity index (χ1n) is 11.7. The Kier molecular flexibility index (Phi) is 28.5. The van der Waals surface area contributed by atoms with E-state index >= 15 is 0 Å². The van der Waals surface area contributed by atoms with Crippen molar-refractivity contribution >= 4 is 7.82 Å². The molecule has 28 heavy (non-hydrogen) atoms. The standard InChI is InChI=1S/C22H47O4P.K/c1-3-5-7-9-11-13-15-17-19-21-25-27(23,24)26-22-20-18-16-14-12-10-8-6-4-2;/h3-22H2,1-2H3,(H,23,24);/q;+1/p-1. The number of hydrogen-bond acceptors (Lipinski definition) is 4. The zero-order chi connectivity index (χ0) is 20.1. The third-order valence-corrected chi connectivity index (χ3v) is 5.99. The van der Waals surface area contributed by atoms with Crippen LogP contribution in [-0.2, 0) is 13.6 Å². The molecule has 0 heterocycles. The van der Waals surface area contributed by atoms with Gasteiger partial charge in [0.25, 0.3) is 7.82 Å². The van der Waals surface area contributed by atoms with Crippen LogP contribution in [0.5, 0.6) is 0 Å². The quantitative estimate of drug-likeness (QED) is 0.140. The average Bonchev–Trinajstić information content (AvgIpc) is 2.64. The van der Waals surface area contributed by atoms with E-state index in [2.05, 4.69) is 13.8 Å². The van der Waals surface area contributed by atoms with E-state index < -0.39 is 7.82 Å². The van der Waals surface area contributed by atoms with Crippen LogP contribution in [0.3, 0.4) is 0 Å². The summed E-state index contributed by atoms with van der Waals surface area (Å²) in [7, 11) is -4.09. The molecule has 0 aliphatic carbocycles. The molecule has 164 valence electrons. The Labute approximate surface area is 218 Å². The molecule has 0 saturated heterocycles. The first-order chi connectivity index (χ1) is 13.1. The molecule has 0 saturated carbocycles. The average molecular weight is 445 g/mol. The molecule has 0 rings (SSSR count). The van der Waals surface area contributed by atoms with Crippen molar-refractivity contribution in [3.05, 3.63) is 0 Å². The summed E-state index contributed by atoms with van der Waals surface area (Å²) in [5.41, 5.74) is 0. The summed E-state index contributed by atoms with van der Waals surface area (Å²) in [5, 5.41) is 0. The van der Waals surface area contributed by atoms with Crippen molar-refractivity contribution in [1.29, 1.82) is 0 Å². The van der Waals surface area contributed by atoms with Gasteiger partial charge in [0.05, 0.1) is 13.2 Å². The van der Waals surface area contributed by atoms with Gasteiger partial charge in [-0.1, -0.05) is 117 Å².